The highest BCUT2D eigenvalue weighted by molar-refractivity contribution is 5.96. The lowest BCUT2D eigenvalue weighted by atomic mass is 9.99. The first-order valence-electron chi connectivity index (χ1n) is 9.06. The number of pyridine rings is 2. The van der Waals surface area contributed by atoms with E-state index >= 15 is 0 Å². The van der Waals surface area contributed by atoms with E-state index in [9.17, 15) is 4.79 Å². The summed E-state index contributed by atoms with van der Waals surface area (Å²) in [6.45, 7) is 3.89. The molecule has 0 radical (unpaired) electrons. The van der Waals surface area contributed by atoms with Gasteiger partial charge in [-0.25, -0.2) is 0 Å². The highest BCUT2D eigenvalue weighted by Crippen LogP contribution is 2.25. The maximum Gasteiger partial charge on any atom is 0.255 e. The zero-order valence-electron chi connectivity index (χ0n) is 14.9. The van der Waals surface area contributed by atoms with Gasteiger partial charge in [-0.3, -0.25) is 14.8 Å². The number of piperidine rings is 1. The molecule has 26 heavy (non-hydrogen) atoms. The number of hydrogen-bond acceptors (Lipinski definition) is 4. The molecular weight excluding hydrogens is 324 g/mol. The minimum absolute atomic E-state index is 0.0593. The highest BCUT2D eigenvalue weighted by atomic mass is 16.2. The molecule has 1 N–H and O–H groups in total. The number of likely N-dealkylation sites (tertiary alicyclic amines) is 1. The second-order valence-electron chi connectivity index (χ2n) is 6.94. The van der Waals surface area contributed by atoms with Crippen LogP contribution in [0.5, 0.6) is 0 Å². The topological polar surface area (TPSA) is 58.1 Å². The van der Waals surface area contributed by atoms with Crippen molar-refractivity contribution in [1.29, 1.82) is 0 Å². The minimum atomic E-state index is 0.0593. The number of rotatable bonds is 3. The molecule has 0 aliphatic carbocycles. The number of nitrogens with zero attached hydrogens (tertiary/aromatic N) is 3. The van der Waals surface area contributed by atoms with E-state index in [2.05, 4.69) is 22.2 Å². The number of anilines is 2. The van der Waals surface area contributed by atoms with Crippen molar-refractivity contribution in [1.82, 2.24) is 14.9 Å². The molecule has 1 aliphatic heterocycles. The Balaban J connectivity index is 1.57. The first-order chi connectivity index (χ1) is 12.7. The van der Waals surface area contributed by atoms with Crippen molar-refractivity contribution in [2.45, 2.75) is 19.8 Å². The molecule has 0 unspecified atom stereocenters. The third-order valence-electron chi connectivity index (χ3n) is 4.97. The Morgan fingerprint density at radius 2 is 1.96 bits per heavy atom. The Labute approximate surface area is 153 Å². The fourth-order valence-corrected chi connectivity index (χ4v) is 3.38. The van der Waals surface area contributed by atoms with Crippen LogP contribution in [0.1, 0.15) is 30.1 Å². The maximum atomic E-state index is 12.8. The van der Waals surface area contributed by atoms with E-state index in [1.807, 2.05) is 41.3 Å². The van der Waals surface area contributed by atoms with Crippen molar-refractivity contribution in [3.63, 3.8) is 0 Å². The SMILES string of the molecule is CC1CCN(C(=O)c2cncc(Nc3cccc4cccnc34)c2)CC1. The van der Waals surface area contributed by atoms with Crippen LogP contribution in [0.2, 0.25) is 0 Å². The van der Waals surface area contributed by atoms with Gasteiger partial charge < -0.3 is 10.2 Å². The Kier molecular flexibility index (Phi) is 4.52. The van der Waals surface area contributed by atoms with Gasteiger partial charge in [0.25, 0.3) is 5.91 Å². The molecule has 1 saturated heterocycles. The van der Waals surface area contributed by atoms with Gasteiger partial charge in [0.1, 0.15) is 0 Å². The molecule has 3 aromatic rings. The Morgan fingerprint density at radius 1 is 1.15 bits per heavy atom. The number of hydrogen-bond donors (Lipinski definition) is 1. The number of para-hydroxylation sites is 1. The molecular formula is C21H22N4O. The number of aromatic nitrogens is 2. The van der Waals surface area contributed by atoms with E-state index < -0.39 is 0 Å². The third-order valence-corrected chi connectivity index (χ3v) is 4.97. The Hall–Kier alpha value is -2.95. The number of amides is 1. The van der Waals surface area contributed by atoms with Gasteiger partial charge >= 0.3 is 0 Å². The van der Waals surface area contributed by atoms with Gasteiger partial charge in [0, 0.05) is 30.9 Å². The van der Waals surface area contributed by atoms with Crippen molar-refractivity contribution in [3.8, 4) is 0 Å². The number of benzene rings is 1. The first-order valence-corrected chi connectivity index (χ1v) is 9.06. The van der Waals surface area contributed by atoms with Crippen molar-refractivity contribution in [2.24, 2.45) is 5.92 Å². The molecule has 1 fully saturated rings. The predicted molar refractivity (Wildman–Crippen MR) is 104 cm³/mol. The largest absolute Gasteiger partial charge is 0.352 e. The number of carbonyl (C=O) groups is 1. The van der Waals surface area contributed by atoms with Crippen LogP contribution >= 0.6 is 0 Å². The summed E-state index contributed by atoms with van der Waals surface area (Å²) in [7, 11) is 0. The predicted octanol–water partition coefficient (Wildman–Crippen LogP) is 4.25. The molecule has 132 valence electrons. The van der Waals surface area contributed by atoms with Gasteiger partial charge in [0.05, 0.1) is 28.7 Å². The summed E-state index contributed by atoms with van der Waals surface area (Å²) < 4.78 is 0. The zero-order valence-corrected chi connectivity index (χ0v) is 14.9. The molecule has 0 atom stereocenters. The molecule has 0 saturated carbocycles. The van der Waals surface area contributed by atoms with E-state index in [-0.39, 0.29) is 5.91 Å². The number of fused-ring (bicyclic) bond motifs is 1. The fraction of sp³-hybridized carbons (Fsp3) is 0.286. The summed E-state index contributed by atoms with van der Waals surface area (Å²) in [6, 6.07) is 11.8. The molecule has 4 rings (SSSR count). The average Bonchev–Trinajstić information content (AvgIpc) is 2.69. The average molecular weight is 346 g/mol. The highest BCUT2D eigenvalue weighted by Gasteiger charge is 2.21. The monoisotopic (exact) mass is 346 g/mol. The molecule has 0 bridgehead atoms. The normalized spacial score (nSPS) is 15.2. The van der Waals surface area contributed by atoms with Crippen molar-refractivity contribution >= 4 is 28.2 Å². The van der Waals surface area contributed by atoms with E-state index in [4.69, 9.17) is 0 Å². The van der Waals surface area contributed by atoms with Crippen LogP contribution in [0, 0.1) is 5.92 Å². The third kappa shape index (κ3) is 3.38. The second kappa shape index (κ2) is 7.12. The maximum absolute atomic E-state index is 12.8. The molecule has 5 heteroatoms. The molecule has 1 amide bonds. The van der Waals surface area contributed by atoms with Gasteiger partial charge in [-0.1, -0.05) is 25.1 Å². The van der Waals surface area contributed by atoms with Crippen molar-refractivity contribution < 1.29 is 4.79 Å². The van der Waals surface area contributed by atoms with Crippen LogP contribution in [-0.2, 0) is 0 Å². The van der Waals surface area contributed by atoms with Crippen LogP contribution < -0.4 is 5.32 Å². The van der Waals surface area contributed by atoms with E-state index in [1.165, 1.54) is 0 Å². The standard InChI is InChI=1S/C21H22N4O/c1-15-7-10-25(11-8-15)21(26)17-12-18(14-22-13-17)24-19-6-2-4-16-5-3-9-23-20(16)19/h2-6,9,12-15,24H,7-8,10-11H2,1H3. The molecule has 1 aromatic carbocycles. The minimum Gasteiger partial charge on any atom is -0.352 e. The fourth-order valence-electron chi connectivity index (χ4n) is 3.38. The second-order valence-corrected chi connectivity index (χ2v) is 6.94. The molecule has 2 aromatic heterocycles. The summed E-state index contributed by atoms with van der Waals surface area (Å²) in [5, 5.41) is 4.43. The van der Waals surface area contributed by atoms with Gasteiger partial charge in [-0.15, -0.1) is 0 Å². The summed E-state index contributed by atoms with van der Waals surface area (Å²) in [4.78, 5) is 23.4. The molecule has 3 heterocycles. The van der Waals surface area contributed by atoms with Crippen LogP contribution in [0.15, 0.2) is 55.0 Å². The molecule has 5 nitrogen and oxygen atoms in total. The van der Waals surface area contributed by atoms with E-state index in [1.54, 1.807) is 18.6 Å². The molecule has 0 spiro atoms. The van der Waals surface area contributed by atoms with Crippen LogP contribution in [0.25, 0.3) is 10.9 Å². The Bertz CT molecular complexity index is 927. The summed E-state index contributed by atoms with van der Waals surface area (Å²) in [5.41, 5.74) is 3.22. The summed E-state index contributed by atoms with van der Waals surface area (Å²) >= 11 is 0. The number of nitrogens with one attached hydrogen (secondary N) is 1. The smallest absolute Gasteiger partial charge is 0.255 e. The number of carbonyl (C=O) groups excluding carboxylic acids is 1. The van der Waals surface area contributed by atoms with Crippen molar-refractivity contribution in [2.75, 3.05) is 18.4 Å². The van der Waals surface area contributed by atoms with Crippen molar-refractivity contribution in [3.05, 3.63) is 60.6 Å². The lowest BCUT2D eigenvalue weighted by Crippen LogP contribution is -2.37. The lowest BCUT2D eigenvalue weighted by Gasteiger charge is -2.30. The van der Waals surface area contributed by atoms with Crippen LogP contribution in [0.3, 0.4) is 0 Å². The Morgan fingerprint density at radius 3 is 2.81 bits per heavy atom. The van der Waals surface area contributed by atoms with Gasteiger partial charge in [0.15, 0.2) is 0 Å². The van der Waals surface area contributed by atoms with Crippen LogP contribution in [0.4, 0.5) is 11.4 Å². The van der Waals surface area contributed by atoms with Gasteiger partial charge in [0.2, 0.25) is 0 Å². The summed E-state index contributed by atoms with van der Waals surface area (Å²) in [6.07, 6.45) is 7.30. The van der Waals surface area contributed by atoms with Gasteiger partial charge in [-0.2, -0.15) is 0 Å². The van der Waals surface area contributed by atoms with Crippen LogP contribution in [-0.4, -0.2) is 33.9 Å². The lowest BCUT2D eigenvalue weighted by molar-refractivity contribution is 0.0697. The van der Waals surface area contributed by atoms with E-state index in [0.717, 1.165) is 48.2 Å². The zero-order chi connectivity index (χ0) is 17.9. The summed E-state index contributed by atoms with van der Waals surface area (Å²) in [5.74, 6) is 0.758. The van der Waals surface area contributed by atoms with E-state index in [0.29, 0.717) is 11.5 Å². The van der Waals surface area contributed by atoms with Gasteiger partial charge in [-0.05, 0) is 37.0 Å². The quantitative estimate of drug-likeness (QED) is 0.770. The first kappa shape index (κ1) is 16.5. The molecule has 1 aliphatic rings.